The lowest BCUT2D eigenvalue weighted by atomic mass is 9.96. The number of hydrogen-bond acceptors (Lipinski definition) is 1. The van der Waals surface area contributed by atoms with Gasteiger partial charge >= 0.3 is 0 Å². The first-order chi connectivity index (χ1) is 4.84. The zero-order valence-electron chi connectivity index (χ0n) is 6.38. The van der Waals surface area contributed by atoms with E-state index in [1.54, 1.807) is 0 Å². The Morgan fingerprint density at radius 2 is 2.40 bits per heavy atom. The number of hydrogen-bond donors (Lipinski definition) is 1. The van der Waals surface area contributed by atoms with Gasteiger partial charge in [0.1, 0.15) is 0 Å². The van der Waals surface area contributed by atoms with E-state index in [2.05, 4.69) is 18.2 Å². The third kappa shape index (κ3) is 1.71. The Morgan fingerprint density at radius 1 is 1.60 bits per heavy atom. The molecule has 0 aromatic heterocycles. The van der Waals surface area contributed by atoms with Gasteiger partial charge in [-0.1, -0.05) is 25.2 Å². The van der Waals surface area contributed by atoms with Gasteiger partial charge in [-0.05, 0) is 18.4 Å². The summed E-state index contributed by atoms with van der Waals surface area (Å²) >= 11 is 0. The van der Waals surface area contributed by atoms with Crippen LogP contribution in [0.4, 0.5) is 0 Å². The van der Waals surface area contributed by atoms with Crippen molar-refractivity contribution in [1.29, 1.82) is 0 Å². The molecule has 1 aliphatic rings. The molecular weight excluding hydrogens is 124 g/mol. The van der Waals surface area contributed by atoms with Crippen molar-refractivity contribution in [2.75, 3.05) is 6.61 Å². The predicted octanol–water partition coefficient (Wildman–Crippen LogP) is 1.89. The average Bonchev–Trinajstić information content (AvgIpc) is 2.05. The molecule has 0 fully saturated rings. The largest absolute Gasteiger partial charge is 0.396 e. The van der Waals surface area contributed by atoms with Crippen LogP contribution in [-0.2, 0) is 0 Å². The Kier molecular flexibility index (Phi) is 2.69. The topological polar surface area (TPSA) is 20.2 Å². The zero-order chi connectivity index (χ0) is 7.40. The molecule has 0 bridgehead atoms. The normalized spacial score (nSPS) is 20.4. The first-order valence-electron chi connectivity index (χ1n) is 3.82. The quantitative estimate of drug-likeness (QED) is 0.617. The molecule has 0 radical (unpaired) electrons. The van der Waals surface area contributed by atoms with Gasteiger partial charge in [0.25, 0.3) is 0 Å². The maximum absolute atomic E-state index is 8.81. The van der Waals surface area contributed by atoms with Gasteiger partial charge in [0, 0.05) is 12.5 Å². The molecule has 0 aromatic rings. The van der Waals surface area contributed by atoms with E-state index in [-0.39, 0.29) is 6.61 Å². The summed E-state index contributed by atoms with van der Waals surface area (Å²) in [4.78, 5) is 0. The van der Waals surface area contributed by atoms with Gasteiger partial charge in [-0.25, -0.2) is 0 Å². The molecule has 0 amide bonds. The minimum absolute atomic E-state index is 0.260. The number of aliphatic hydroxyl groups is 1. The van der Waals surface area contributed by atoms with E-state index < -0.39 is 0 Å². The monoisotopic (exact) mass is 138 g/mol. The van der Waals surface area contributed by atoms with E-state index in [1.165, 1.54) is 5.57 Å². The molecule has 1 unspecified atom stereocenters. The molecule has 0 saturated carbocycles. The lowest BCUT2D eigenvalue weighted by Crippen LogP contribution is -2.03. The Bertz CT molecular complexity index is 156. The van der Waals surface area contributed by atoms with E-state index in [0.717, 1.165) is 12.8 Å². The predicted molar refractivity (Wildman–Crippen MR) is 42.7 cm³/mol. The van der Waals surface area contributed by atoms with Gasteiger partial charge in [0.15, 0.2) is 0 Å². The molecule has 1 heteroatoms. The van der Waals surface area contributed by atoms with Gasteiger partial charge in [0.05, 0.1) is 0 Å². The Balaban J connectivity index is 2.54. The summed E-state index contributed by atoms with van der Waals surface area (Å²) in [5, 5.41) is 8.81. The van der Waals surface area contributed by atoms with E-state index in [9.17, 15) is 0 Å². The van der Waals surface area contributed by atoms with E-state index in [1.807, 2.05) is 6.92 Å². The molecule has 1 nitrogen and oxygen atoms in total. The van der Waals surface area contributed by atoms with Crippen molar-refractivity contribution in [2.45, 2.75) is 19.8 Å². The van der Waals surface area contributed by atoms with Crippen LogP contribution < -0.4 is 0 Å². The van der Waals surface area contributed by atoms with E-state index in [4.69, 9.17) is 5.11 Å². The van der Waals surface area contributed by atoms with Crippen molar-refractivity contribution >= 4 is 0 Å². The highest BCUT2D eigenvalue weighted by atomic mass is 16.3. The second kappa shape index (κ2) is 3.57. The Morgan fingerprint density at radius 3 is 2.90 bits per heavy atom. The zero-order valence-corrected chi connectivity index (χ0v) is 6.38. The van der Waals surface area contributed by atoms with Crippen LogP contribution in [0.3, 0.4) is 0 Å². The van der Waals surface area contributed by atoms with Gasteiger partial charge in [-0.3, -0.25) is 0 Å². The third-order valence-electron chi connectivity index (χ3n) is 1.87. The molecule has 1 atom stereocenters. The minimum Gasteiger partial charge on any atom is -0.396 e. The summed E-state index contributed by atoms with van der Waals surface area (Å²) in [6.45, 7) is 2.30. The van der Waals surface area contributed by atoms with E-state index in [0.29, 0.717) is 5.92 Å². The standard InChI is InChI=1S/C9H14O/c1-8(7-10)9-5-3-2-4-6-9/h3,5-6,8,10H,2,4,7H2,1H3. The van der Waals surface area contributed by atoms with Gasteiger partial charge in [0.2, 0.25) is 0 Å². The minimum atomic E-state index is 0.260. The van der Waals surface area contributed by atoms with Gasteiger partial charge < -0.3 is 5.11 Å². The van der Waals surface area contributed by atoms with E-state index >= 15 is 0 Å². The highest BCUT2D eigenvalue weighted by Crippen LogP contribution is 2.17. The summed E-state index contributed by atoms with van der Waals surface area (Å²) in [7, 11) is 0. The molecule has 10 heavy (non-hydrogen) atoms. The SMILES string of the molecule is CC(CO)C1=CCCC=C1. The second-order valence-electron chi connectivity index (χ2n) is 2.77. The maximum atomic E-state index is 8.81. The highest BCUT2D eigenvalue weighted by molar-refractivity contribution is 5.24. The molecule has 1 rings (SSSR count). The number of rotatable bonds is 2. The molecule has 0 aliphatic heterocycles. The first-order valence-corrected chi connectivity index (χ1v) is 3.82. The molecular formula is C9H14O. The molecule has 56 valence electrons. The molecule has 0 aromatic carbocycles. The molecule has 1 aliphatic carbocycles. The van der Waals surface area contributed by atoms with Crippen molar-refractivity contribution in [3.63, 3.8) is 0 Å². The lowest BCUT2D eigenvalue weighted by Gasteiger charge is -2.11. The smallest absolute Gasteiger partial charge is 0.0496 e. The summed E-state index contributed by atoms with van der Waals surface area (Å²) in [5.74, 6) is 0.316. The van der Waals surface area contributed by atoms with Gasteiger partial charge in [-0.15, -0.1) is 0 Å². The Labute approximate surface area is 62.1 Å². The Hall–Kier alpha value is -0.560. The maximum Gasteiger partial charge on any atom is 0.0496 e. The van der Waals surface area contributed by atoms with Crippen LogP contribution >= 0.6 is 0 Å². The summed E-state index contributed by atoms with van der Waals surface area (Å²) < 4.78 is 0. The fraction of sp³-hybridized carbons (Fsp3) is 0.556. The van der Waals surface area contributed by atoms with Crippen molar-refractivity contribution in [3.05, 3.63) is 23.8 Å². The van der Waals surface area contributed by atoms with Crippen molar-refractivity contribution < 1.29 is 5.11 Å². The second-order valence-corrected chi connectivity index (χ2v) is 2.77. The van der Waals surface area contributed by atoms with Gasteiger partial charge in [-0.2, -0.15) is 0 Å². The number of aliphatic hydroxyl groups excluding tert-OH is 1. The van der Waals surface area contributed by atoms with Crippen LogP contribution in [0.25, 0.3) is 0 Å². The molecule has 0 heterocycles. The molecule has 0 spiro atoms. The van der Waals surface area contributed by atoms with Crippen molar-refractivity contribution in [1.82, 2.24) is 0 Å². The summed E-state index contributed by atoms with van der Waals surface area (Å²) in [6.07, 6.45) is 8.78. The van der Waals surface area contributed by atoms with Crippen LogP contribution in [0.15, 0.2) is 23.8 Å². The van der Waals surface area contributed by atoms with Crippen LogP contribution in [0, 0.1) is 5.92 Å². The van der Waals surface area contributed by atoms with Crippen molar-refractivity contribution in [2.24, 2.45) is 5.92 Å². The summed E-state index contributed by atoms with van der Waals surface area (Å²) in [5.41, 5.74) is 1.29. The fourth-order valence-electron chi connectivity index (χ4n) is 1.10. The fourth-order valence-corrected chi connectivity index (χ4v) is 1.10. The van der Waals surface area contributed by atoms with Crippen LogP contribution in [-0.4, -0.2) is 11.7 Å². The van der Waals surface area contributed by atoms with Crippen molar-refractivity contribution in [3.8, 4) is 0 Å². The summed E-state index contributed by atoms with van der Waals surface area (Å²) in [6, 6.07) is 0. The molecule has 0 saturated heterocycles. The third-order valence-corrected chi connectivity index (χ3v) is 1.87. The average molecular weight is 138 g/mol. The highest BCUT2D eigenvalue weighted by Gasteiger charge is 2.04. The van der Waals surface area contributed by atoms with Crippen LogP contribution in [0.1, 0.15) is 19.8 Å². The van der Waals surface area contributed by atoms with Crippen LogP contribution in [0.2, 0.25) is 0 Å². The lowest BCUT2D eigenvalue weighted by molar-refractivity contribution is 0.257. The first kappa shape index (κ1) is 7.55. The molecule has 1 N–H and O–H groups in total. The van der Waals surface area contributed by atoms with Crippen LogP contribution in [0.5, 0.6) is 0 Å². The number of allylic oxidation sites excluding steroid dienone is 3.